The average molecular weight is 409 g/mol. The Bertz CT molecular complexity index is 989. The van der Waals surface area contributed by atoms with Crippen LogP contribution < -0.4 is 5.32 Å². The highest BCUT2D eigenvalue weighted by Crippen LogP contribution is 2.22. The number of benzene rings is 2. The number of thioether (sulfide) groups is 1. The third kappa shape index (κ3) is 6.06. The molecule has 0 aliphatic rings. The first kappa shape index (κ1) is 20.9. The van der Waals surface area contributed by atoms with Gasteiger partial charge in [-0.05, 0) is 31.5 Å². The van der Waals surface area contributed by atoms with Gasteiger partial charge in [-0.1, -0.05) is 65.9 Å². The van der Waals surface area contributed by atoms with E-state index in [0.29, 0.717) is 6.61 Å². The molecule has 0 radical (unpaired) electrons. The van der Waals surface area contributed by atoms with Crippen molar-refractivity contribution in [3.05, 3.63) is 71.8 Å². The van der Waals surface area contributed by atoms with E-state index in [1.165, 1.54) is 11.8 Å². The second-order valence-electron chi connectivity index (χ2n) is 6.67. The van der Waals surface area contributed by atoms with E-state index in [-0.39, 0.29) is 24.1 Å². The van der Waals surface area contributed by atoms with Crippen LogP contribution in [0.15, 0.2) is 65.7 Å². The molecule has 1 unspecified atom stereocenters. The predicted molar refractivity (Wildman–Crippen MR) is 116 cm³/mol. The topological polar surface area (TPSA) is 68.3 Å². The Morgan fingerprint density at radius 1 is 1.07 bits per heavy atom. The Balaban J connectivity index is 1.64. The number of hydrogen-bond donors (Lipinski definition) is 1. The minimum Gasteiger partial charge on any atom is -0.466 e. The number of pyridine rings is 1. The van der Waals surface area contributed by atoms with E-state index in [1.54, 1.807) is 6.92 Å². The molecule has 3 aromatic rings. The molecule has 1 atom stereocenters. The number of amides is 1. The third-order valence-corrected chi connectivity index (χ3v) is 5.34. The molecule has 150 valence electrons. The Morgan fingerprint density at radius 3 is 2.59 bits per heavy atom. The third-order valence-electron chi connectivity index (χ3n) is 4.42. The summed E-state index contributed by atoms with van der Waals surface area (Å²) in [5, 5.41) is 4.81. The van der Waals surface area contributed by atoms with Crippen molar-refractivity contribution in [3.8, 4) is 0 Å². The van der Waals surface area contributed by atoms with Crippen LogP contribution in [0.5, 0.6) is 0 Å². The molecular weight excluding hydrogens is 384 g/mol. The summed E-state index contributed by atoms with van der Waals surface area (Å²) in [4.78, 5) is 29.1. The average Bonchev–Trinajstić information content (AvgIpc) is 2.72. The molecule has 0 aliphatic carbocycles. The molecule has 0 spiro atoms. The molecule has 1 N–H and O–H groups in total. The van der Waals surface area contributed by atoms with Crippen LogP contribution in [0.1, 0.15) is 30.5 Å². The van der Waals surface area contributed by atoms with Crippen molar-refractivity contribution in [1.82, 2.24) is 10.3 Å². The zero-order valence-corrected chi connectivity index (χ0v) is 17.4. The van der Waals surface area contributed by atoms with Crippen LogP contribution in [-0.2, 0) is 14.3 Å². The van der Waals surface area contributed by atoms with Crippen LogP contribution in [0.4, 0.5) is 0 Å². The standard InChI is InChI=1S/C23H24N2O3S/c1-3-28-23(27)14-20(18-10-8-16(2)9-11-18)24-21(26)15-29-22-13-12-17-6-4-5-7-19(17)25-22/h4-13,20H,3,14-15H2,1-2H3,(H,24,26). The molecule has 0 saturated carbocycles. The minimum atomic E-state index is -0.424. The summed E-state index contributed by atoms with van der Waals surface area (Å²) in [6.45, 7) is 4.08. The van der Waals surface area contributed by atoms with E-state index in [2.05, 4.69) is 10.3 Å². The van der Waals surface area contributed by atoms with Crippen molar-refractivity contribution in [1.29, 1.82) is 0 Å². The number of ether oxygens (including phenoxy) is 1. The van der Waals surface area contributed by atoms with Gasteiger partial charge in [0, 0.05) is 5.39 Å². The van der Waals surface area contributed by atoms with Crippen molar-refractivity contribution in [2.75, 3.05) is 12.4 Å². The fraction of sp³-hybridized carbons (Fsp3) is 0.261. The lowest BCUT2D eigenvalue weighted by Crippen LogP contribution is -2.32. The van der Waals surface area contributed by atoms with Gasteiger partial charge in [-0.2, -0.15) is 0 Å². The number of para-hydroxylation sites is 1. The van der Waals surface area contributed by atoms with Crippen LogP contribution in [-0.4, -0.2) is 29.2 Å². The largest absolute Gasteiger partial charge is 0.466 e. The highest BCUT2D eigenvalue weighted by atomic mass is 32.2. The van der Waals surface area contributed by atoms with Gasteiger partial charge in [-0.25, -0.2) is 4.98 Å². The highest BCUT2D eigenvalue weighted by molar-refractivity contribution is 7.99. The maximum absolute atomic E-state index is 12.6. The normalized spacial score (nSPS) is 11.8. The van der Waals surface area contributed by atoms with Crippen LogP contribution in [0.2, 0.25) is 0 Å². The lowest BCUT2D eigenvalue weighted by Gasteiger charge is -2.18. The molecule has 0 aliphatic heterocycles. The van der Waals surface area contributed by atoms with Crippen molar-refractivity contribution in [3.63, 3.8) is 0 Å². The first-order valence-corrected chi connectivity index (χ1v) is 10.5. The van der Waals surface area contributed by atoms with E-state index in [1.807, 2.05) is 67.6 Å². The molecule has 0 bridgehead atoms. The number of esters is 1. The number of rotatable bonds is 8. The summed E-state index contributed by atoms with van der Waals surface area (Å²) in [6.07, 6.45) is 0.0987. The Kier molecular flexibility index (Phi) is 7.25. The first-order valence-electron chi connectivity index (χ1n) is 9.55. The van der Waals surface area contributed by atoms with Crippen molar-refractivity contribution in [2.45, 2.75) is 31.3 Å². The van der Waals surface area contributed by atoms with Gasteiger partial charge in [-0.15, -0.1) is 0 Å². The second-order valence-corrected chi connectivity index (χ2v) is 7.67. The van der Waals surface area contributed by atoms with Crippen LogP contribution in [0, 0.1) is 6.92 Å². The summed E-state index contributed by atoms with van der Waals surface area (Å²) >= 11 is 1.37. The van der Waals surface area contributed by atoms with Crippen molar-refractivity contribution < 1.29 is 14.3 Å². The summed E-state index contributed by atoms with van der Waals surface area (Å²) < 4.78 is 5.06. The van der Waals surface area contributed by atoms with Crippen molar-refractivity contribution in [2.24, 2.45) is 0 Å². The van der Waals surface area contributed by atoms with Gasteiger partial charge in [-0.3, -0.25) is 9.59 Å². The van der Waals surface area contributed by atoms with Gasteiger partial charge < -0.3 is 10.1 Å². The molecule has 29 heavy (non-hydrogen) atoms. The summed E-state index contributed by atoms with van der Waals surface area (Å²) in [7, 11) is 0. The Hall–Kier alpha value is -2.86. The number of aromatic nitrogens is 1. The molecular formula is C23H24N2O3S. The number of carbonyl (C=O) groups excluding carboxylic acids is 2. The molecule has 6 heteroatoms. The van der Waals surface area contributed by atoms with E-state index in [0.717, 1.165) is 27.1 Å². The first-order chi connectivity index (χ1) is 14.0. The van der Waals surface area contributed by atoms with E-state index in [9.17, 15) is 9.59 Å². The van der Waals surface area contributed by atoms with Crippen LogP contribution in [0.3, 0.4) is 0 Å². The molecule has 0 saturated heterocycles. The SMILES string of the molecule is CCOC(=O)CC(NC(=O)CSc1ccc2ccccc2n1)c1ccc(C)cc1. The highest BCUT2D eigenvalue weighted by Gasteiger charge is 2.19. The summed E-state index contributed by atoms with van der Waals surface area (Å²) in [5.41, 5.74) is 2.90. The lowest BCUT2D eigenvalue weighted by atomic mass is 10.0. The Labute approximate surface area is 174 Å². The number of hydrogen-bond acceptors (Lipinski definition) is 5. The zero-order valence-electron chi connectivity index (χ0n) is 16.6. The molecule has 0 fully saturated rings. The minimum absolute atomic E-state index is 0.0987. The lowest BCUT2D eigenvalue weighted by molar-refractivity contribution is -0.143. The Morgan fingerprint density at radius 2 is 1.83 bits per heavy atom. The van der Waals surface area contributed by atoms with E-state index >= 15 is 0 Å². The maximum atomic E-state index is 12.6. The van der Waals surface area contributed by atoms with E-state index < -0.39 is 6.04 Å². The quantitative estimate of drug-likeness (QED) is 0.441. The van der Waals surface area contributed by atoms with E-state index in [4.69, 9.17) is 4.74 Å². The zero-order chi connectivity index (χ0) is 20.6. The van der Waals surface area contributed by atoms with Gasteiger partial charge in [0.15, 0.2) is 0 Å². The molecule has 3 rings (SSSR count). The van der Waals surface area contributed by atoms with Crippen LogP contribution in [0.25, 0.3) is 10.9 Å². The number of nitrogens with zero attached hydrogens (tertiary/aromatic N) is 1. The number of aryl methyl sites for hydroxylation is 1. The summed E-state index contributed by atoms with van der Waals surface area (Å²) in [5.74, 6) is -0.265. The maximum Gasteiger partial charge on any atom is 0.308 e. The molecule has 1 amide bonds. The molecule has 5 nitrogen and oxygen atoms in total. The molecule has 1 aromatic heterocycles. The smallest absolute Gasteiger partial charge is 0.308 e. The fourth-order valence-corrected chi connectivity index (χ4v) is 3.63. The molecule has 1 heterocycles. The van der Waals surface area contributed by atoms with Crippen LogP contribution >= 0.6 is 11.8 Å². The predicted octanol–water partition coefficient (Wildman–Crippen LogP) is 4.45. The fourth-order valence-electron chi connectivity index (χ4n) is 2.94. The number of fused-ring (bicyclic) bond motifs is 1. The monoisotopic (exact) mass is 408 g/mol. The van der Waals surface area contributed by atoms with Gasteiger partial charge in [0.25, 0.3) is 0 Å². The van der Waals surface area contributed by atoms with Crippen molar-refractivity contribution >= 4 is 34.5 Å². The second kappa shape index (κ2) is 10.1. The molecule has 2 aromatic carbocycles. The van der Waals surface area contributed by atoms with Gasteiger partial charge >= 0.3 is 5.97 Å². The number of carbonyl (C=O) groups is 2. The van der Waals surface area contributed by atoms with Gasteiger partial charge in [0.1, 0.15) is 0 Å². The van der Waals surface area contributed by atoms with Gasteiger partial charge in [0.2, 0.25) is 5.91 Å². The van der Waals surface area contributed by atoms with Gasteiger partial charge in [0.05, 0.1) is 35.4 Å². The number of nitrogens with one attached hydrogen (secondary N) is 1. The summed E-state index contributed by atoms with van der Waals surface area (Å²) in [6, 6.07) is 19.1.